The van der Waals surface area contributed by atoms with Gasteiger partial charge >= 0.3 is 6.18 Å². The normalized spacial score (nSPS) is 21.7. The summed E-state index contributed by atoms with van der Waals surface area (Å²) >= 11 is 12.2. The van der Waals surface area contributed by atoms with Crippen molar-refractivity contribution in [1.82, 2.24) is 14.7 Å². The molecule has 2 aliphatic heterocycles. The average Bonchev–Trinajstić information content (AvgIpc) is 3.24. The first-order valence-electron chi connectivity index (χ1n) is 10.9. The number of likely N-dealkylation sites (N-methyl/N-ethyl adjacent to an activating group) is 1. The first-order valence-corrected chi connectivity index (χ1v) is 11.7. The topological polar surface area (TPSA) is 43.9 Å². The lowest BCUT2D eigenvalue weighted by Crippen LogP contribution is -2.50. The highest BCUT2D eigenvalue weighted by Crippen LogP contribution is 2.38. The first kappa shape index (κ1) is 24.8. The Bertz CT molecular complexity index is 1090. The summed E-state index contributed by atoms with van der Waals surface area (Å²) in [7, 11) is 1.97. The molecule has 0 aliphatic carbocycles. The van der Waals surface area contributed by atoms with Gasteiger partial charge in [-0.25, -0.2) is 0 Å². The number of nitrogens with zero attached hydrogens (tertiary/aromatic N) is 3. The molecule has 2 heterocycles. The quantitative estimate of drug-likeness (QED) is 0.600. The van der Waals surface area contributed by atoms with Crippen molar-refractivity contribution in [3.63, 3.8) is 0 Å². The Labute approximate surface area is 206 Å². The lowest BCUT2D eigenvalue weighted by molar-refractivity contribution is -0.137. The number of alkyl halides is 3. The minimum absolute atomic E-state index is 0.101. The van der Waals surface area contributed by atoms with Crippen LogP contribution in [0.1, 0.15) is 27.4 Å². The number of carbonyl (C=O) groups is 2. The van der Waals surface area contributed by atoms with Gasteiger partial charge in [-0.15, -0.1) is 0 Å². The van der Waals surface area contributed by atoms with E-state index in [0.29, 0.717) is 23.7 Å². The summed E-state index contributed by atoms with van der Waals surface area (Å²) in [5.41, 5.74) is -0.150. The highest BCUT2D eigenvalue weighted by atomic mass is 35.5. The van der Waals surface area contributed by atoms with Gasteiger partial charge in [0.1, 0.15) is 0 Å². The van der Waals surface area contributed by atoms with Gasteiger partial charge in [0.2, 0.25) is 5.91 Å². The van der Waals surface area contributed by atoms with Gasteiger partial charge in [0, 0.05) is 50.2 Å². The fourth-order valence-corrected chi connectivity index (χ4v) is 5.09. The maximum absolute atomic E-state index is 13.5. The number of hydrogen-bond acceptors (Lipinski definition) is 3. The van der Waals surface area contributed by atoms with E-state index in [1.54, 1.807) is 17.0 Å². The summed E-state index contributed by atoms with van der Waals surface area (Å²) in [5, 5.41) is 0.565. The van der Waals surface area contributed by atoms with Crippen LogP contribution in [0.25, 0.3) is 0 Å². The third-order valence-electron chi connectivity index (χ3n) is 6.54. The summed E-state index contributed by atoms with van der Waals surface area (Å²) in [6.07, 6.45) is -4.50. The molecule has 0 bridgehead atoms. The van der Waals surface area contributed by atoms with Crippen LogP contribution >= 0.6 is 23.2 Å². The van der Waals surface area contributed by atoms with Crippen LogP contribution in [0.3, 0.4) is 0 Å². The molecule has 2 unspecified atom stereocenters. The van der Waals surface area contributed by atoms with Crippen molar-refractivity contribution >= 4 is 35.0 Å². The SMILES string of the molecule is CN1CCN(C(=O)C2CN(C(=O)c3ccc(Cl)cc3Cl)CC2c2cccc(C(F)(F)F)c2)CC1. The molecule has 182 valence electrons. The zero-order chi connectivity index (χ0) is 24.6. The van der Waals surface area contributed by atoms with E-state index >= 15 is 0 Å². The van der Waals surface area contributed by atoms with E-state index < -0.39 is 23.6 Å². The molecule has 0 saturated carbocycles. The van der Waals surface area contributed by atoms with Crippen molar-refractivity contribution in [3.05, 3.63) is 69.2 Å². The van der Waals surface area contributed by atoms with E-state index in [9.17, 15) is 22.8 Å². The number of amides is 2. The van der Waals surface area contributed by atoms with Gasteiger partial charge in [-0.1, -0.05) is 41.4 Å². The number of carbonyl (C=O) groups excluding carboxylic acids is 2. The minimum atomic E-state index is -4.50. The number of likely N-dealkylation sites (tertiary alicyclic amines) is 1. The summed E-state index contributed by atoms with van der Waals surface area (Å²) in [5.74, 6) is -1.74. The van der Waals surface area contributed by atoms with E-state index in [2.05, 4.69) is 4.90 Å². The van der Waals surface area contributed by atoms with Gasteiger partial charge < -0.3 is 14.7 Å². The third-order valence-corrected chi connectivity index (χ3v) is 7.09. The van der Waals surface area contributed by atoms with Crippen LogP contribution in [0.2, 0.25) is 10.0 Å². The van der Waals surface area contributed by atoms with Crippen molar-refractivity contribution in [2.24, 2.45) is 5.92 Å². The smallest absolute Gasteiger partial charge is 0.340 e. The summed E-state index contributed by atoms with van der Waals surface area (Å²) < 4.78 is 40.1. The number of halogens is 5. The molecule has 5 nitrogen and oxygen atoms in total. The zero-order valence-electron chi connectivity index (χ0n) is 18.5. The zero-order valence-corrected chi connectivity index (χ0v) is 20.0. The van der Waals surface area contributed by atoms with Crippen LogP contribution in [0.15, 0.2) is 42.5 Å². The Kier molecular flexibility index (Phi) is 7.12. The lowest BCUT2D eigenvalue weighted by atomic mass is 9.87. The Morgan fingerprint density at radius 3 is 2.29 bits per heavy atom. The highest BCUT2D eigenvalue weighted by molar-refractivity contribution is 6.36. The minimum Gasteiger partial charge on any atom is -0.340 e. The van der Waals surface area contributed by atoms with E-state index in [1.165, 1.54) is 23.1 Å². The maximum atomic E-state index is 13.5. The Balaban J connectivity index is 1.65. The number of piperazine rings is 1. The monoisotopic (exact) mass is 513 g/mol. The van der Waals surface area contributed by atoms with Gasteiger partial charge in [-0.05, 0) is 36.9 Å². The van der Waals surface area contributed by atoms with Crippen LogP contribution in [-0.4, -0.2) is 72.8 Å². The van der Waals surface area contributed by atoms with Crippen molar-refractivity contribution in [2.45, 2.75) is 12.1 Å². The Hall–Kier alpha value is -2.29. The van der Waals surface area contributed by atoms with Crippen molar-refractivity contribution in [2.75, 3.05) is 46.3 Å². The lowest BCUT2D eigenvalue weighted by Gasteiger charge is -2.35. The number of rotatable bonds is 3. The van der Waals surface area contributed by atoms with E-state index in [1.807, 2.05) is 7.05 Å². The van der Waals surface area contributed by atoms with Gasteiger partial charge in [-0.2, -0.15) is 13.2 Å². The second kappa shape index (κ2) is 9.76. The summed E-state index contributed by atoms with van der Waals surface area (Å²) in [6.45, 7) is 2.73. The fraction of sp³-hybridized carbons (Fsp3) is 0.417. The van der Waals surface area contributed by atoms with Crippen molar-refractivity contribution in [3.8, 4) is 0 Å². The molecule has 2 aromatic rings. The van der Waals surface area contributed by atoms with Crippen LogP contribution in [0.4, 0.5) is 13.2 Å². The molecule has 0 radical (unpaired) electrons. The molecule has 2 amide bonds. The van der Waals surface area contributed by atoms with Crippen LogP contribution < -0.4 is 0 Å². The molecule has 0 N–H and O–H groups in total. The highest BCUT2D eigenvalue weighted by Gasteiger charge is 2.43. The van der Waals surface area contributed by atoms with E-state index in [0.717, 1.165) is 25.2 Å². The second-order valence-corrected chi connectivity index (χ2v) is 9.64. The van der Waals surface area contributed by atoms with Gasteiger partial charge in [0.15, 0.2) is 0 Å². The fourth-order valence-electron chi connectivity index (χ4n) is 4.60. The average molecular weight is 514 g/mol. The maximum Gasteiger partial charge on any atom is 0.416 e. The summed E-state index contributed by atoms with van der Waals surface area (Å²) in [6, 6.07) is 9.55. The molecule has 0 aromatic heterocycles. The molecule has 2 fully saturated rings. The predicted octanol–water partition coefficient (Wildman–Crippen LogP) is 4.64. The molecular formula is C24H24Cl2F3N3O2. The second-order valence-electron chi connectivity index (χ2n) is 8.80. The number of benzene rings is 2. The van der Waals surface area contributed by atoms with E-state index in [-0.39, 0.29) is 35.5 Å². The van der Waals surface area contributed by atoms with Gasteiger partial charge in [0.05, 0.1) is 22.1 Å². The predicted molar refractivity (Wildman–Crippen MR) is 124 cm³/mol. The van der Waals surface area contributed by atoms with Crippen LogP contribution in [-0.2, 0) is 11.0 Å². The van der Waals surface area contributed by atoms with E-state index in [4.69, 9.17) is 23.2 Å². The molecule has 2 aliphatic rings. The molecule has 10 heteroatoms. The molecular weight excluding hydrogens is 490 g/mol. The Morgan fingerprint density at radius 1 is 0.941 bits per heavy atom. The van der Waals surface area contributed by atoms with Crippen molar-refractivity contribution < 1.29 is 22.8 Å². The van der Waals surface area contributed by atoms with Crippen LogP contribution in [0, 0.1) is 5.92 Å². The summed E-state index contributed by atoms with van der Waals surface area (Å²) in [4.78, 5) is 32.1. The molecule has 2 saturated heterocycles. The number of hydrogen-bond donors (Lipinski definition) is 0. The molecule has 4 rings (SSSR count). The molecule has 34 heavy (non-hydrogen) atoms. The molecule has 0 spiro atoms. The van der Waals surface area contributed by atoms with Crippen molar-refractivity contribution in [1.29, 1.82) is 0 Å². The largest absolute Gasteiger partial charge is 0.416 e. The standard InChI is InChI=1S/C24H24Cl2F3N3O2/c1-30-7-9-31(10-8-30)23(34)20-14-32(22(33)18-6-5-17(25)12-21(18)26)13-19(20)15-3-2-4-16(11-15)24(27,28)29/h2-6,11-12,19-20H,7-10,13-14H2,1H3. The third kappa shape index (κ3) is 5.19. The van der Waals surface area contributed by atoms with Gasteiger partial charge in [0.25, 0.3) is 5.91 Å². The first-order chi connectivity index (χ1) is 16.0. The van der Waals surface area contributed by atoms with Crippen LogP contribution in [0.5, 0.6) is 0 Å². The van der Waals surface area contributed by atoms with Gasteiger partial charge in [-0.3, -0.25) is 9.59 Å². The Morgan fingerprint density at radius 2 is 1.65 bits per heavy atom. The molecule has 2 atom stereocenters. The molecule has 2 aromatic carbocycles.